The lowest BCUT2D eigenvalue weighted by Gasteiger charge is -2.05. The molecule has 1 aromatic heterocycles. The molecule has 0 spiro atoms. The van der Waals surface area contributed by atoms with E-state index in [1.807, 2.05) is 19.9 Å². The minimum Gasteiger partial charge on any atom is -0.312 e. The average molecular weight is 333 g/mol. The maximum Gasteiger partial charge on any atom is 0.285 e. The van der Waals surface area contributed by atoms with E-state index in [-0.39, 0.29) is 5.56 Å². The highest BCUT2D eigenvalue weighted by molar-refractivity contribution is 7.16. The minimum atomic E-state index is -0.819. The fourth-order valence-electron chi connectivity index (χ4n) is 2.23. The molecule has 1 aromatic carbocycles. The quantitative estimate of drug-likeness (QED) is 0.680. The molecule has 2 rings (SSSR count). The van der Waals surface area contributed by atoms with E-state index in [1.165, 1.54) is 11.3 Å². The number of nitro benzene ring substituents is 1. The van der Waals surface area contributed by atoms with Gasteiger partial charge in [-0.25, -0.2) is 4.39 Å². The fraction of sp³-hybridized carbons (Fsp3) is 0.200. The van der Waals surface area contributed by atoms with Crippen LogP contribution >= 0.6 is 11.3 Å². The third kappa shape index (κ3) is 3.19. The largest absolute Gasteiger partial charge is 0.312 e. The van der Waals surface area contributed by atoms with E-state index < -0.39 is 22.3 Å². The van der Waals surface area contributed by atoms with Crippen LogP contribution < -0.4 is 5.32 Å². The standard InChI is InChI=1S/C15H12FN3O3S/c1-3-10-8(2)23-15(12(10)7-17)18-14(20)11-5-4-9(16)6-13(11)19(21)22/h4-6H,3H2,1-2H3,(H,18,20). The van der Waals surface area contributed by atoms with Gasteiger partial charge in [-0.2, -0.15) is 5.26 Å². The predicted octanol–water partition coefficient (Wildman–Crippen LogP) is 3.79. The number of nitriles is 1. The van der Waals surface area contributed by atoms with Crippen molar-refractivity contribution in [2.24, 2.45) is 0 Å². The third-order valence-corrected chi connectivity index (χ3v) is 4.37. The molecular formula is C15H12FN3O3S. The Hall–Kier alpha value is -2.79. The number of nitrogens with zero attached hydrogens (tertiary/aromatic N) is 2. The highest BCUT2D eigenvalue weighted by atomic mass is 32.1. The summed E-state index contributed by atoms with van der Waals surface area (Å²) in [6.07, 6.45) is 0.637. The molecule has 1 amide bonds. The van der Waals surface area contributed by atoms with Crippen LogP contribution in [0.25, 0.3) is 0 Å². The van der Waals surface area contributed by atoms with E-state index in [2.05, 4.69) is 5.32 Å². The van der Waals surface area contributed by atoms with Gasteiger partial charge >= 0.3 is 0 Å². The van der Waals surface area contributed by atoms with Gasteiger partial charge < -0.3 is 5.32 Å². The number of carbonyl (C=O) groups is 1. The zero-order valence-corrected chi connectivity index (χ0v) is 13.2. The van der Waals surface area contributed by atoms with Crippen LogP contribution in [0.2, 0.25) is 0 Å². The highest BCUT2D eigenvalue weighted by Crippen LogP contribution is 2.33. The van der Waals surface area contributed by atoms with Crippen molar-refractivity contribution in [1.29, 1.82) is 5.26 Å². The summed E-state index contributed by atoms with van der Waals surface area (Å²) in [4.78, 5) is 23.3. The Kier molecular flexibility index (Phi) is 4.71. The van der Waals surface area contributed by atoms with E-state index >= 15 is 0 Å². The molecular weight excluding hydrogens is 321 g/mol. The number of halogens is 1. The number of nitro groups is 1. The maximum atomic E-state index is 13.1. The Morgan fingerprint density at radius 3 is 2.78 bits per heavy atom. The van der Waals surface area contributed by atoms with Crippen LogP contribution in [0.1, 0.15) is 33.3 Å². The summed E-state index contributed by atoms with van der Waals surface area (Å²) in [6, 6.07) is 4.76. The van der Waals surface area contributed by atoms with Gasteiger partial charge in [0.2, 0.25) is 0 Å². The number of rotatable bonds is 4. The van der Waals surface area contributed by atoms with Gasteiger partial charge in [-0.05, 0) is 31.0 Å². The molecule has 0 bridgehead atoms. The number of amides is 1. The van der Waals surface area contributed by atoms with Gasteiger partial charge in [-0.3, -0.25) is 14.9 Å². The van der Waals surface area contributed by atoms with Crippen LogP contribution in [0.15, 0.2) is 18.2 Å². The van der Waals surface area contributed by atoms with Crippen LogP contribution in [-0.4, -0.2) is 10.8 Å². The number of nitrogens with one attached hydrogen (secondary N) is 1. The number of hydrogen-bond acceptors (Lipinski definition) is 5. The second kappa shape index (κ2) is 6.54. The molecule has 0 fully saturated rings. The Morgan fingerprint density at radius 1 is 1.52 bits per heavy atom. The summed E-state index contributed by atoms with van der Waals surface area (Å²) < 4.78 is 13.1. The molecule has 0 radical (unpaired) electrons. The second-order valence-electron chi connectivity index (χ2n) is 4.68. The van der Waals surface area contributed by atoms with Crippen molar-refractivity contribution in [3.63, 3.8) is 0 Å². The minimum absolute atomic E-state index is 0.260. The molecule has 0 unspecified atom stereocenters. The number of hydrogen-bond donors (Lipinski definition) is 1. The van der Waals surface area contributed by atoms with Gasteiger partial charge in [0.05, 0.1) is 16.6 Å². The SMILES string of the molecule is CCc1c(C)sc(NC(=O)c2ccc(F)cc2[N+](=O)[O-])c1C#N. The van der Waals surface area contributed by atoms with Crippen LogP contribution in [0, 0.1) is 34.2 Å². The van der Waals surface area contributed by atoms with E-state index in [0.29, 0.717) is 23.1 Å². The van der Waals surface area contributed by atoms with E-state index in [1.54, 1.807) is 0 Å². The van der Waals surface area contributed by atoms with Crippen LogP contribution in [-0.2, 0) is 6.42 Å². The lowest BCUT2D eigenvalue weighted by atomic mass is 10.1. The van der Waals surface area contributed by atoms with Crippen molar-refractivity contribution >= 4 is 27.9 Å². The van der Waals surface area contributed by atoms with Crippen LogP contribution in [0.4, 0.5) is 15.1 Å². The second-order valence-corrected chi connectivity index (χ2v) is 5.90. The number of anilines is 1. The van der Waals surface area contributed by atoms with Gasteiger partial charge in [0.15, 0.2) is 0 Å². The summed E-state index contributed by atoms with van der Waals surface area (Å²) in [5.41, 5.74) is 0.309. The summed E-state index contributed by atoms with van der Waals surface area (Å²) in [5, 5.41) is 23.1. The molecule has 23 heavy (non-hydrogen) atoms. The smallest absolute Gasteiger partial charge is 0.285 e. The summed E-state index contributed by atoms with van der Waals surface area (Å²) >= 11 is 1.23. The third-order valence-electron chi connectivity index (χ3n) is 3.30. The number of carbonyl (C=O) groups excluding carboxylic acids is 1. The van der Waals surface area contributed by atoms with Gasteiger partial charge in [-0.1, -0.05) is 6.92 Å². The molecule has 0 aliphatic heterocycles. The lowest BCUT2D eigenvalue weighted by Crippen LogP contribution is -2.14. The summed E-state index contributed by atoms with van der Waals surface area (Å²) in [6.45, 7) is 3.73. The van der Waals surface area contributed by atoms with Crippen LogP contribution in [0.5, 0.6) is 0 Å². The Labute approximate surface area is 135 Å². The van der Waals surface area contributed by atoms with Crippen molar-refractivity contribution < 1.29 is 14.1 Å². The molecule has 0 saturated carbocycles. The molecule has 6 nitrogen and oxygen atoms in total. The zero-order chi connectivity index (χ0) is 17.1. The normalized spacial score (nSPS) is 10.2. The van der Waals surface area contributed by atoms with Gasteiger partial charge in [-0.15, -0.1) is 11.3 Å². The summed E-state index contributed by atoms with van der Waals surface area (Å²) in [7, 11) is 0. The highest BCUT2D eigenvalue weighted by Gasteiger charge is 2.23. The molecule has 1 N–H and O–H groups in total. The van der Waals surface area contributed by atoms with E-state index in [0.717, 1.165) is 22.6 Å². The van der Waals surface area contributed by atoms with Crippen molar-refractivity contribution in [1.82, 2.24) is 0 Å². The number of thiophene rings is 1. The van der Waals surface area contributed by atoms with Gasteiger partial charge in [0.25, 0.3) is 11.6 Å². The molecule has 0 aliphatic rings. The van der Waals surface area contributed by atoms with E-state index in [4.69, 9.17) is 0 Å². The average Bonchev–Trinajstić information content (AvgIpc) is 2.81. The molecule has 0 aliphatic carbocycles. The van der Waals surface area contributed by atoms with Crippen LogP contribution in [0.3, 0.4) is 0 Å². The lowest BCUT2D eigenvalue weighted by molar-refractivity contribution is -0.385. The van der Waals surface area contributed by atoms with Gasteiger partial charge in [0, 0.05) is 4.88 Å². The zero-order valence-electron chi connectivity index (χ0n) is 12.3. The first kappa shape index (κ1) is 16.6. The first-order chi connectivity index (χ1) is 10.9. The molecule has 8 heteroatoms. The van der Waals surface area contributed by atoms with Crippen molar-refractivity contribution in [3.05, 3.63) is 55.7 Å². The fourth-order valence-corrected chi connectivity index (χ4v) is 3.32. The van der Waals surface area contributed by atoms with Gasteiger partial charge in [0.1, 0.15) is 22.5 Å². The monoisotopic (exact) mass is 333 g/mol. The predicted molar refractivity (Wildman–Crippen MR) is 84.2 cm³/mol. The molecule has 118 valence electrons. The van der Waals surface area contributed by atoms with Crippen molar-refractivity contribution in [2.75, 3.05) is 5.32 Å². The van der Waals surface area contributed by atoms with E-state index in [9.17, 15) is 24.6 Å². The van der Waals surface area contributed by atoms with Crippen molar-refractivity contribution in [2.45, 2.75) is 20.3 Å². The first-order valence-corrected chi connectivity index (χ1v) is 7.48. The Morgan fingerprint density at radius 2 is 2.22 bits per heavy atom. The first-order valence-electron chi connectivity index (χ1n) is 6.66. The molecule has 0 atom stereocenters. The Balaban J connectivity index is 2.42. The molecule has 0 saturated heterocycles. The maximum absolute atomic E-state index is 13.1. The number of benzene rings is 1. The Bertz CT molecular complexity index is 839. The summed E-state index contributed by atoms with van der Waals surface area (Å²) in [5.74, 6) is -1.55. The van der Waals surface area contributed by atoms with Crippen molar-refractivity contribution in [3.8, 4) is 6.07 Å². The molecule has 1 heterocycles. The number of aryl methyl sites for hydroxylation is 1. The molecule has 2 aromatic rings. The topological polar surface area (TPSA) is 96.0 Å².